The van der Waals surface area contributed by atoms with Gasteiger partial charge in [-0.2, -0.15) is 4.52 Å². The highest BCUT2D eigenvalue weighted by molar-refractivity contribution is 6.13. The van der Waals surface area contributed by atoms with E-state index in [0.29, 0.717) is 18.9 Å². The van der Waals surface area contributed by atoms with Crippen molar-refractivity contribution in [3.8, 4) is 0 Å². The van der Waals surface area contributed by atoms with E-state index in [4.69, 9.17) is 9.84 Å². The number of morpholine rings is 1. The molecule has 0 atom stereocenters. The van der Waals surface area contributed by atoms with Gasteiger partial charge in [0.25, 0.3) is 5.95 Å². The number of rotatable bonds is 4. The molecule has 2 aromatic rings. The third-order valence-electron chi connectivity index (χ3n) is 5.44. The molecule has 2 aromatic heterocycles. The average molecular weight is 386 g/mol. The van der Waals surface area contributed by atoms with Crippen LogP contribution in [0.4, 0.5) is 11.8 Å². The molecule has 4 rings (SSSR count). The lowest BCUT2D eigenvalue weighted by atomic mass is 9.92. The Morgan fingerprint density at radius 1 is 1.00 bits per heavy atom. The molecule has 3 heterocycles. The average Bonchev–Trinajstić information content (AvgIpc) is 3.17. The number of fused-ring (bicyclic) bond motifs is 3. The van der Waals surface area contributed by atoms with E-state index in [1.54, 1.807) is 18.4 Å². The summed E-state index contributed by atoms with van der Waals surface area (Å²) in [4.78, 5) is 28.4. The van der Waals surface area contributed by atoms with Crippen LogP contribution in [0.5, 0.6) is 0 Å². The van der Waals surface area contributed by atoms with Crippen LogP contribution in [0, 0.1) is 0 Å². The topological polar surface area (TPSA) is 92.9 Å². The summed E-state index contributed by atoms with van der Waals surface area (Å²) in [5.41, 5.74) is 3.00. The third-order valence-corrected chi connectivity index (χ3v) is 5.44. The molecule has 1 fully saturated rings. The van der Waals surface area contributed by atoms with Crippen molar-refractivity contribution in [3.63, 3.8) is 0 Å². The van der Waals surface area contributed by atoms with Crippen LogP contribution in [-0.4, -0.2) is 57.9 Å². The Labute approximate surface area is 163 Å². The second-order valence-corrected chi connectivity index (χ2v) is 7.15. The summed E-state index contributed by atoms with van der Waals surface area (Å²) in [5, 5.41) is 13.4. The smallest absolute Gasteiger partial charge is 0.262 e. The number of imide groups is 1. The summed E-state index contributed by atoms with van der Waals surface area (Å²) >= 11 is 0. The molecule has 9 heteroatoms. The van der Waals surface area contributed by atoms with Crippen molar-refractivity contribution >= 4 is 29.2 Å². The number of nitrogens with zero attached hydrogens (tertiary/aromatic N) is 6. The first-order chi connectivity index (χ1) is 13.7. The lowest BCUT2D eigenvalue weighted by Gasteiger charge is -2.31. The SMILES string of the molecule is CCC(=O)N(C(=O)CC)c1nnc2c3c(c(N4CCOCC4)nn12)CCCC3. The molecule has 28 heavy (non-hydrogen) atoms. The minimum absolute atomic E-state index is 0.191. The van der Waals surface area contributed by atoms with Gasteiger partial charge in [-0.3, -0.25) is 9.59 Å². The Morgan fingerprint density at radius 2 is 1.64 bits per heavy atom. The summed E-state index contributed by atoms with van der Waals surface area (Å²) in [5.74, 6) is 0.498. The van der Waals surface area contributed by atoms with Crippen LogP contribution in [0.15, 0.2) is 0 Å². The molecule has 2 aliphatic rings. The number of aromatic nitrogens is 4. The molecule has 9 nitrogen and oxygen atoms in total. The van der Waals surface area contributed by atoms with Gasteiger partial charge in [-0.15, -0.1) is 15.3 Å². The second-order valence-electron chi connectivity index (χ2n) is 7.15. The van der Waals surface area contributed by atoms with Gasteiger partial charge in [-0.05, 0) is 25.7 Å². The van der Waals surface area contributed by atoms with E-state index in [9.17, 15) is 9.59 Å². The molecule has 0 spiro atoms. The highest BCUT2D eigenvalue weighted by Crippen LogP contribution is 2.33. The zero-order valence-corrected chi connectivity index (χ0v) is 16.5. The number of aryl methyl sites for hydroxylation is 1. The number of amides is 2. The molecule has 0 bridgehead atoms. The fraction of sp³-hybridized carbons (Fsp3) is 0.632. The van der Waals surface area contributed by atoms with Gasteiger partial charge in [0.05, 0.1) is 13.2 Å². The van der Waals surface area contributed by atoms with Gasteiger partial charge in [-0.1, -0.05) is 13.8 Å². The number of carbonyl (C=O) groups is 2. The molecule has 0 saturated carbocycles. The molecular weight excluding hydrogens is 360 g/mol. The Balaban J connectivity index is 1.90. The summed E-state index contributed by atoms with van der Waals surface area (Å²) in [7, 11) is 0. The van der Waals surface area contributed by atoms with Gasteiger partial charge in [0.2, 0.25) is 11.8 Å². The zero-order valence-electron chi connectivity index (χ0n) is 16.5. The van der Waals surface area contributed by atoms with Crippen molar-refractivity contribution in [2.75, 3.05) is 36.1 Å². The number of anilines is 2. The summed E-state index contributed by atoms with van der Waals surface area (Å²) in [6.07, 6.45) is 4.49. The minimum atomic E-state index is -0.298. The van der Waals surface area contributed by atoms with Gasteiger partial charge in [0.15, 0.2) is 11.5 Å². The normalized spacial score (nSPS) is 16.9. The van der Waals surface area contributed by atoms with Crippen LogP contribution < -0.4 is 9.80 Å². The quantitative estimate of drug-likeness (QED) is 0.786. The molecule has 0 aromatic carbocycles. The second kappa shape index (κ2) is 7.83. The van der Waals surface area contributed by atoms with Gasteiger partial charge >= 0.3 is 0 Å². The molecule has 0 N–H and O–H groups in total. The fourth-order valence-corrected chi connectivity index (χ4v) is 3.95. The number of carbonyl (C=O) groups excluding carboxylic acids is 2. The number of hydrogen-bond acceptors (Lipinski definition) is 7. The van der Waals surface area contributed by atoms with E-state index in [1.165, 1.54) is 5.56 Å². The van der Waals surface area contributed by atoms with Crippen LogP contribution in [0.2, 0.25) is 0 Å². The van der Waals surface area contributed by atoms with Gasteiger partial charge in [-0.25, -0.2) is 4.90 Å². The number of ether oxygens (including phenoxy) is 1. The van der Waals surface area contributed by atoms with Crippen molar-refractivity contribution in [1.82, 2.24) is 19.8 Å². The zero-order chi connectivity index (χ0) is 19.7. The van der Waals surface area contributed by atoms with Gasteiger partial charge in [0.1, 0.15) is 0 Å². The monoisotopic (exact) mass is 386 g/mol. The van der Waals surface area contributed by atoms with E-state index in [0.717, 1.165) is 55.1 Å². The first-order valence-corrected chi connectivity index (χ1v) is 10.1. The minimum Gasteiger partial charge on any atom is -0.378 e. The van der Waals surface area contributed by atoms with Crippen molar-refractivity contribution in [2.45, 2.75) is 52.4 Å². The molecule has 1 aliphatic heterocycles. The van der Waals surface area contributed by atoms with Gasteiger partial charge < -0.3 is 9.64 Å². The largest absolute Gasteiger partial charge is 0.378 e. The van der Waals surface area contributed by atoms with E-state index in [1.807, 2.05) is 0 Å². The molecule has 1 aliphatic carbocycles. The number of hydrogen-bond donors (Lipinski definition) is 0. The van der Waals surface area contributed by atoms with Gasteiger partial charge in [0, 0.05) is 37.1 Å². The Kier molecular flexibility index (Phi) is 5.25. The molecule has 2 amide bonds. The summed E-state index contributed by atoms with van der Waals surface area (Å²) < 4.78 is 7.09. The van der Waals surface area contributed by atoms with Crippen molar-refractivity contribution < 1.29 is 14.3 Å². The lowest BCUT2D eigenvalue weighted by molar-refractivity contribution is -0.126. The van der Waals surface area contributed by atoms with Crippen molar-refractivity contribution in [1.29, 1.82) is 0 Å². The molecule has 150 valence electrons. The standard InChI is InChI=1S/C19H26N6O3/c1-3-15(26)24(16(27)4-2)19-21-20-17-13-7-5-6-8-14(13)18(22-25(17)19)23-9-11-28-12-10-23/h3-12H2,1-2H3. The first-order valence-electron chi connectivity index (χ1n) is 10.1. The van der Waals surface area contributed by atoms with Crippen LogP contribution in [0.3, 0.4) is 0 Å². The van der Waals surface area contributed by atoms with E-state index in [-0.39, 0.29) is 30.6 Å². The summed E-state index contributed by atoms with van der Waals surface area (Å²) in [6.45, 7) is 6.34. The van der Waals surface area contributed by atoms with Crippen LogP contribution in [-0.2, 0) is 27.2 Å². The van der Waals surface area contributed by atoms with Crippen LogP contribution in [0.25, 0.3) is 5.65 Å². The maximum absolute atomic E-state index is 12.5. The molecule has 0 radical (unpaired) electrons. The van der Waals surface area contributed by atoms with Crippen LogP contribution in [0.1, 0.15) is 50.7 Å². The predicted molar refractivity (Wildman–Crippen MR) is 104 cm³/mol. The Hall–Kier alpha value is -2.55. The fourth-order valence-electron chi connectivity index (χ4n) is 3.95. The summed E-state index contributed by atoms with van der Waals surface area (Å²) in [6, 6.07) is 0. The predicted octanol–water partition coefficient (Wildman–Crippen LogP) is 1.52. The Morgan fingerprint density at radius 3 is 2.29 bits per heavy atom. The van der Waals surface area contributed by atoms with Crippen molar-refractivity contribution in [3.05, 3.63) is 11.1 Å². The highest BCUT2D eigenvalue weighted by atomic mass is 16.5. The van der Waals surface area contributed by atoms with E-state index in [2.05, 4.69) is 15.1 Å². The van der Waals surface area contributed by atoms with Crippen molar-refractivity contribution in [2.24, 2.45) is 0 Å². The first kappa shape index (κ1) is 18.8. The van der Waals surface area contributed by atoms with Crippen LogP contribution >= 0.6 is 0 Å². The molecule has 0 unspecified atom stereocenters. The molecule has 1 saturated heterocycles. The van der Waals surface area contributed by atoms with E-state index >= 15 is 0 Å². The maximum atomic E-state index is 12.5. The third kappa shape index (κ3) is 3.13. The maximum Gasteiger partial charge on any atom is 0.262 e. The Bertz CT molecular complexity index is 887. The van der Waals surface area contributed by atoms with E-state index < -0.39 is 0 Å². The lowest BCUT2D eigenvalue weighted by Crippen LogP contribution is -2.39. The highest BCUT2D eigenvalue weighted by Gasteiger charge is 2.30. The molecular formula is C19H26N6O3.